The summed E-state index contributed by atoms with van der Waals surface area (Å²) in [5, 5.41) is 0. The Bertz CT molecular complexity index is 1290. The van der Waals surface area contributed by atoms with Gasteiger partial charge in [0.1, 0.15) is 11.6 Å². The van der Waals surface area contributed by atoms with Crippen molar-refractivity contribution in [1.82, 2.24) is 9.55 Å². The number of benzene rings is 2. The monoisotopic (exact) mass is 518 g/mol. The third-order valence-corrected chi connectivity index (χ3v) is 7.57. The van der Waals surface area contributed by atoms with Crippen LogP contribution < -0.4 is 4.74 Å². The fourth-order valence-electron chi connectivity index (χ4n) is 6.00. The third-order valence-electron chi connectivity index (χ3n) is 7.57. The molecule has 1 saturated carbocycles. The van der Waals surface area contributed by atoms with E-state index in [0.29, 0.717) is 42.9 Å². The molecule has 2 aliphatic rings. The first-order valence-corrected chi connectivity index (χ1v) is 11.9. The first-order valence-electron chi connectivity index (χ1n) is 11.9. The summed E-state index contributed by atoms with van der Waals surface area (Å²) in [4.78, 5) is 16.2. The normalized spacial score (nSPS) is 25.5. The second kappa shape index (κ2) is 9.48. The second-order valence-electron chi connectivity index (χ2n) is 9.52. The number of hydrogen-bond acceptors (Lipinski definition) is 5. The summed E-state index contributed by atoms with van der Waals surface area (Å²) < 4.78 is 72.2. The molecule has 0 N–H and O–H groups in total. The van der Waals surface area contributed by atoms with Crippen LogP contribution in [0.3, 0.4) is 0 Å². The van der Waals surface area contributed by atoms with Gasteiger partial charge in [-0.25, -0.2) is 9.37 Å². The molecule has 2 heterocycles. The number of methoxy groups -OCH3 is 2. The lowest BCUT2D eigenvalue weighted by atomic mass is 9.76. The number of aromatic nitrogens is 2. The Hall–Kier alpha value is -3.40. The van der Waals surface area contributed by atoms with Crippen LogP contribution in [0.1, 0.15) is 48.0 Å². The van der Waals surface area contributed by atoms with Crippen LogP contribution >= 0.6 is 0 Å². The van der Waals surface area contributed by atoms with Gasteiger partial charge in [0.15, 0.2) is 0 Å². The van der Waals surface area contributed by atoms with Crippen molar-refractivity contribution in [3.8, 4) is 11.4 Å². The molecule has 1 aliphatic heterocycles. The molecule has 196 valence electrons. The molecule has 10 heteroatoms. The molecule has 4 atom stereocenters. The van der Waals surface area contributed by atoms with Crippen LogP contribution in [-0.2, 0) is 20.4 Å². The molecule has 2 aromatic carbocycles. The van der Waals surface area contributed by atoms with Crippen LogP contribution in [0.4, 0.5) is 17.6 Å². The Labute approximate surface area is 211 Å². The van der Waals surface area contributed by atoms with Gasteiger partial charge in [-0.2, -0.15) is 13.2 Å². The fourth-order valence-corrected chi connectivity index (χ4v) is 6.00. The van der Waals surface area contributed by atoms with Crippen LogP contribution in [0.15, 0.2) is 54.9 Å². The zero-order chi connectivity index (χ0) is 26.4. The Morgan fingerprint density at radius 2 is 1.92 bits per heavy atom. The van der Waals surface area contributed by atoms with Gasteiger partial charge in [0, 0.05) is 35.5 Å². The highest BCUT2D eigenvalue weighted by Crippen LogP contribution is 2.57. The molecule has 37 heavy (non-hydrogen) atoms. The van der Waals surface area contributed by atoms with Gasteiger partial charge in [0.25, 0.3) is 0 Å². The second-order valence-corrected chi connectivity index (χ2v) is 9.52. The number of nitrogens with zero attached hydrogens (tertiary/aromatic N) is 2. The lowest BCUT2D eigenvalue weighted by Gasteiger charge is -2.33. The molecule has 1 saturated heterocycles. The number of hydrogen-bond donors (Lipinski definition) is 0. The summed E-state index contributed by atoms with van der Waals surface area (Å²) in [6, 6.07) is 10.9. The van der Waals surface area contributed by atoms with Gasteiger partial charge >= 0.3 is 12.1 Å². The van der Waals surface area contributed by atoms with Crippen molar-refractivity contribution in [3.05, 3.63) is 77.6 Å². The van der Waals surface area contributed by atoms with Crippen LogP contribution in [0, 0.1) is 11.7 Å². The highest BCUT2D eigenvalue weighted by Gasteiger charge is 2.56. The van der Waals surface area contributed by atoms with E-state index in [9.17, 15) is 22.4 Å². The van der Waals surface area contributed by atoms with E-state index in [1.165, 1.54) is 32.5 Å². The van der Waals surface area contributed by atoms with E-state index in [0.717, 1.165) is 16.3 Å². The third kappa shape index (κ3) is 4.47. The maximum absolute atomic E-state index is 13.7. The van der Waals surface area contributed by atoms with Crippen molar-refractivity contribution in [1.29, 1.82) is 0 Å². The van der Waals surface area contributed by atoms with Gasteiger partial charge in [-0.3, -0.25) is 9.36 Å². The molecule has 1 spiro atoms. The van der Waals surface area contributed by atoms with Crippen molar-refractivity contribution in [2.75, 3.05) is 20.8 Å². The number of carbonyl (C=O) groups excluding carboxylic acids is 1. The SMILES string of the molecule is COC(=O)[C@H]1CC[C@@]2(C[C@H](c3cc(-n4ccnc4C(F)(F)F)ccc3OC)CO2)[C@@H]1c1ccc(F)cc1. The van der Waals surface area contributed by atoms with Gasteiger partial charge in [-0.15, -0.1) is 0 Å². The van der Waals surface area contributed by atoms with E-state index < -0.39 is 23.5 Å². The summed E-state index contributed by atoms with van der Waals surface area (Å²) in [7, 11) is 2.85. The lowest BCUT2D eigenvalue weighted by Crippen LogP contribution is -2.35. The largest absolute Gasteiger partial charge is 0.496 e. The molecule has 0 unspecified atom stereocenters. The number of imidazole rings is 1. The van der Waals surface area contributed by atoms with E-state index in [1.807, 2.05) is 0 Å². The summed E-state index contributed by atoms with van der Waals surface area (Å²) in [5.74, 6) is -2.23. The molecule has 5 rings (SSSR count). The zero-order valence-corrected chi connectivity index (χ0v) is 20.3. The molecule has 2 fully saturated rings. The Balaban J connectivity index is 1.51. The van der Waals surface area contributed by atoms with Gasteiger partial charge in [-0.1, -0.05) is 12.1 Å². The number of rotatable bonds is 5. The van der Waals surface area contributed by atoms with Gasteiger partial charge < -0.3 is 14.2 Å². The number of ether oxygens (including phenoxy) is 3. The van der Waals surface area contributed by atoms with Crippen molar-refractivity contribution in [2.24, 2.45) is 5.92 Å². The van der Waals surface area contributed by atoms with Crippen LogP contribution in [0.2, 0.25) is 0 Å². The van der Waals surface area contributed by atoms with Crippen LogP contribution in [-0.4, -0.2) is 41.9 Å². The highest BCUT2D eigenvalue weighted by molar-refractivity contribution is 5.74. The Morgan fingerprint density at radius 3 is 2.59 bits per heavy atom. The molecular formula is C27H26F4N2O4. The number of esters is 1. The smallest absolute Gasteiger partial charge is 0.450 e. The van der Waals surface area contributed by atoms with Crippen molar-refractivity contribution >= 4 is 5.97 Å². The highest BCUT2D eigenvalue weighted by atomic mass is 19.4. The first-order chi connectivity index (χ1) is 17.7. The lowest BCUT2D eigenvalue weighted by molar-refractivity contribution is -0.147. The van der Waals surface area contributed by atoms with Crippen molar-refractivity contribution in [2.45, 2.75) is 42.9 Å². The van der Waals surface area contributed by atoms with Crippen LogP contribution in [0.5, 0.6) is 5.75 Å². The zero-order valence-electron chi connectivity index (χ0n) is 20.3. The summed E-state index contributed by atoms with van der Waals surface area (Å²) in [6.07, 6.45) is -0.587. The molecule has 6 nitrogen and oxygen atoms in total. The van der Waals surface area contributed by atoms with E-state index in [1.54, 1.807) is 30.3 Å². The van der Waals surface area contributed by atoms with E-state index in [2.05, 4.69) is 4.98 Å². The molecule has 0 bridgehead atoms. The average Bonchev–Trinajstić information content (AvgIpc) is 3.63. The molecule has 0 radical (unpaired) electrons. The van der Waals surface area contributed by atoms with Gasteiger partial charge in [-0.05, 0) is 55.2 Å². The molecule has 0 amide bonds. The minimum absolute atomic E-state index is 0.202. The van der Waals surface area contributed by atoms with E-state index in [-0.39, 0.29) is 23.6 Å². The summed E-state index contributed by atoms with van der Waals surface area (Å²) in [6.45, 7) is 0.293. The topological polar surface area (TPSA) is 62.6 Å². The molecular weight excluding hydrogens is 492 g/mol. The quantitative estimate of drug-likeness (QED) is 0.323. The number of carbonyl (C=O) groups is 1. The molecule has 3 aromatic rings. The number of alkyl halides is 3. The Kier molecular flexibility index (Phi) is 6.47. The maximum atomic E-state index is 13.7. The standard InChI is InChI=1S/C27H26F4N2O4/c1-35-22-8-7-19(33-12-11-32-25(33)27(29,30)31)13-21(22)17-14-26(37-15-17)10-9-20(24(34)36-2)23(26)16-3-5-18(28)6-4-16/h3-8,11-13,17,20,23H,9-10,14-15H2,1-2H3/t17-,20-,23+,26+/m0/s1. The minimum atomic E-state index is -4.61. The summed E-state index contributed by atoms with van der Waals surface area (Å²) >= 11 is 0. The average molecular weight is 519 g/mol. The Morgan fingerprint density at radius 1 is 1.16 bits per heavy atom. The van der Waals surface area contributed by atoms with Crippen LogP contribution in [0.25, 0.3) is 5.69 Å². The first kappa shape index (κ1) is 25.3. The molecule has 1 aromatic heterocycles. The van der Waals surface area contributed by atoms with Crippen molar-refractivity contribution in [3.63, 3.8) is 0 Å². The van der Waals surface area contributed by atoms with Gasteiger partial charge in [0.05, 0.1) is 32.3 Å². The maximum Gasteiger partial charge on any atom is 0.450 e. The summed E-state index contributed by atoms with van der Waals surface area (Å²) in [5.41, 5.74) is 1.08. The fraction of sp³-hybridized carbons (Fsp3) is 0.407. The number of halogens is 4. The van der Waals surface area contributed by atoms with E-state index in [4.69, 9.17) is 14.2 Å². The van der Waals surface area contributed by atoms with E-state index >= 15 is 0 Å². The minimum Gasteiger partial charge on any atom is -0.496 e. The molecule has 1 aliphatic carbocycles. The van der Waals surface area contributed by atoms with Crippen molar-refractivity contribution < 1.29 is 36.6 Å². The predicted octanol–water partition coefficient (Wildman–Crippen LogP) is 5.65. The predicted molar refractivity (Wildman–Crippen MR) is 125 cm³/mol. The van der Waals surface area contributed by atoms with Gasteiger partial charge in [0.2, 0.25) is 5.82 Å².